The molecule has 1 aliphatic rings. The van der Waals surface area contributed by atoms with E-state index in [1.165, 1.54) is 25.7 Å². The molecule has 0 aromatic carbocycles. The van der Waals surface area contributed by atoms with Crippen LogP contribution in [0.1, 0.15) is 53.4 Å². The first kappa shape index (κ1) is 14.3. The average molecular weight is 236 g/mol. The van der Waals surface area contributed by atoms with Crippen LogP contribution in [0.5, 0.6) is 0 Å². The summed E-state index contributed by atoms with van der Waals surface area (Å²) in [6.45, 7) is 13.9. The fourth-order valence-electron chi connectivity index (χ4n) is 2.70. The SMILES string of the molecule is C=CN=C(C)N(CC(C)C)C1CCC(C)CC1. The van der Waals surface area contributed by atoms with E-state index >= 15 is 0 Å². The summed E-state index contributed by atoms with van der Waals surface area (Å²) in [7, 11) is 0. The molecule has 0 bridgehead atoms. The monoisotopic (exact) mass is 236 g/mol. The second-order valence-electron chi connectivity index (χ2n) is 5.82. The minimum Gasteiger partial charge on any atom is -0.357 e. The molecular formula is C15H28N2. The largest absolute Gasteiger partial charge is 0.357 e. The van der Waals surface area contributed by atoms with Gasteiger partial charge in [0, 0.05) is 18.8 Å². The van der Waals surface area contributed by atoms with E-state index in [1.807, 2.05) is 0 Å². The Kier molecular flexibility index (Phi) is 5.73. The highest BCUT2D eigenvalue weighted by molar-refractivity contribution is 5.80. The first-order valence-corrected chi connectivity index (χ1v) is 6.96. The van der Waals surface area contributed by atoms with E-state index in [-0.39, 0.29) is 0 Å². The maximum Gasteiger partial charge on any atom is 0.101 e. The summed E-state index contributed by atoms with van der Waals surface area (Å²) >= 11 is 0. The van der Waals surface area contributed by atoms with E-state index in [9.17, 15) is 0 Å². The smallest absolute Gasteiger partial charge is 0.101 e. The molecule has 0 aromatic heterocycles. The van der Waals surface area contributed by atoms with Crippen molar-refractivity contribution in [3.05, 3.63) is 12.8 Å². The van der Waals surface area contributed by atoms with E-state index in [4.69, 9.17) is 0 Å². The van der Waals surface area contributed by atoms with Crippen LogP contribution in [-0.2, 0) is 0 Å². The molecule has 0 heterocycles. The molecular weight excluding hydrogens is 208 g/mol. The molecule has 0 amide bonds. The normalized spacial score (nSPS) is 26.1. The number of aliphatic imine (C=N–C) groups is 1. The van der Waals surface area contributed by atoms with Gasteiger partial charge in [0.25, 0.3) is 0 Å². The van der Waals surface area contributed by atoms with Crippen LogP contribution in [0, 0.1) is 11.8 Å². The van der Waals surface area contributed by atoms with Gasteiger partial charge in [0.05, 0.1) is 0 Å². The van der Waals surface area contributed by atoms with Crippen molar-refractivity contribution in [2.45, 2.75) is 59.4 Å². The predicted octanol–water partition coefficient (Wildman–Crippen LogP) is 4.09. The number of hydrogen-bond donors (Lipinski definition) is 0. The Morgan fingerprint density at radius 2 is 1.94 bits per heavy atom. The molecule has 0 spiro atoms. The van der Waals surface area contributed by atoms with Gasteiger partial charge in [-0.3, -0.25) is 0 Å². The Morgan fingerprint density at radius 1 is 1.35 bits per heavy atom. The molecule has 0 radical (unpaired) electrons. The van der Waals surface area contributed by atoms with Gasteiger partial charge in [-0.1, -0.05) is 27.4 Å². The van der Waals surface area contributed by atoms with Crippen LogP contribution in [-0.4, -0.2) is 23.3 Å². The van der Waals surface area contributed by atoms with E-state index in [1.54, 1.807) is 6.20 Å². The van der Waals surface area contributed by atoms with Gasteiger partial charge < -0.3 is 4.90 Å². The second-order valence-corrected chi connectivity index (χ2v) is 5.82. The molecule has 1 aliphatic carbocycles. The molecule has 0 N–H and O–H groups in total. The lowest BCUT2D eigenvalue weighted by Gasteiger charge is -2.38. The topological polar surface area (TPSA) is 15.6 Å². The van der Waals surface area contributed by atoms with Crippen molar-refractivity contribution < 1.29 is 0 Å². The zero-order chi connectivity index (χ0) is 12.8. The Hall–Kier alpha value is -0.790. The maximum atomic E-state index is 4.38. The lowest BCUT2D eigenvalue weighted by Crippen LogP contribution is -2.43. The summed E-state index contributed by atoms with van der Waals surface area (Å²) in [6.07, 6.45) is 7.02. The van der Waals surface area contributed by atoms with Crippen LogP contribution >= 0.6 is 0 Å². The third-order valence-corrected chi connectivity index (χ3v) is 3.68. The van der Waals surface area contributed by atoms with Crippen LogP contribution in [0.25, 0.3) is 0 Å². The summed E-state index contributed by atoms with van der Waals surface area (Å²) in [4.78, 5) is 6.88. The quantitative estimate of drug-likeness (QED) is 0.530. The van der Waals surface area contributed by atoms with E-state index in [0.717, 1.165) is 18.3 Å². The Bertz CT molecular complexity index is 260. The molecule has 0 atom stereocenters. The third-order valence-electron chi connectivity index (χ3n) is 3.68. The maximum absolute atomic E-state index is 4.38. The van der Waals surface area contributed by atoms with Gasteiger partial charge >= 0.3 is 0 Å². The van der Waals surface area contributed by atoms with Gasteiger partial charge in [0.15, 0.2) is 0 Å². The lowest BCUT2D eigenvalue weighted by atomic mass is 9.86. The van der Waals surface area contributed by atoms with Crippen LogP contribution in [0.15, 0.2) is 17.8 Å². The molecule has 1 rings (SSSR count). The summed E-state index contributed by atoms with van der Waals surface area (Å²) < 4.78 is 0. The predicted molar refractivity (Wildman–Crippen MR) is 76.3 cm³/mol. The Morgan fingerprint density at radius 3 is 2.41 bits per heavy atom. The summed E-state index contributed by atoms with van der Waals surface area (Å²) in [5.74, 6) is 2.72. The van der Waals surface area contributed by atoms with Crippen molar-refractivity contribution in [2.24, 2.45) is 16.8 Å². The highest BCUT2D eigenvalue weighted by Gasteiger charge is 2.25. The van der Waals surface area contributed by atoms with E-state index < -0.39 is 0 Å². The highest BCUT2D eigenvalue weighted by atomic mass is 15.2. The highest BCUT2D eigenvalue weighted by Crippen LogP contribution is 2.27. The van der Waals surface area contributed by atoms with Crippen molar-refractivity contribution in [1.29, 1.82) is 0 Å². The molecule has 2 nitrogen and oxygen atoms in total. The van der Waals surface area contributed by atoms with Crippen molar-refractivity contribution in [1.82, 2.24) is 4.90 Å². The minimum atomic E-state index is 0.685. The van der Waals surface area contributed by atoms with Crippen LogP contribution in [0.3, 0.4) is 0 Å². The molecule has 17 heavy (non-hydrogen) atoms. The number of nitrogens with zero attached hydrogens (tertiary/aromatic N) is 2. The van der Waals surface area contributed by atoms with E-state index in [2.05, 4.69) is 44.2 Å². The summed E-state index contributed by atoms with van der Waals surface area (Å²) in [6, 6.07) is 0.692. The van der Waals surface area contributed by atoms with Crippen molar-refractivity contribution >= 4 is 5.84 Å². The first-order valence-electron chi connectivity index (χ1n) is 6.96. The third kappa shape index (κ3) is 4.53. The molecule has 1 saturated carbocycles. The summed E-state index contributed by atoms with van der Waals surface area (Å²) in [5.41, 5.74) is 0. The first-order chi connectivity index (χ1) is 8.04. The van der Waals surface area contributed by atoms with Gasteiger partial charge in [-0.15, -0.1) is 0 Å². The fourth-order valence-corrected chi connectivity index (χ4v) is 2.70. The Labute approximate surface area is 107 Å². The molecule has 0 saturated heterocycles. The van der Waals surface area contributed by atoms with Gasteiger partial charge in [-0.05, 0) is 44.4 Å². The minimum absolute atomic E-state index is 0.685. The Balaban J connectivity index is 2.68. The fraction of sp³-hybridized carbons (Fsp3) is 0.800. The lowest BCUT2D eigenvalue weighted by molar-refractivity contribution is 0.198. The van der Waals surface area contributed by atoms with Crippen molar-refractivity contribution in [2.75, 3.05) is 6.54 Å². The van der Waals surface area contributed by atoms with E-state index in [0.29, 0.717) is 12.0 Å². The molecule has 0 aliphatic heterocycles. The van der Waals surface area contributed by atoms with Crippen LogP contribution < -0.4 is 0 Å². The zero-order valence-electron chi connectivity index (χ0n) is 11.9. The molecule has 2 heteroatoms. The number of rotatable bonds is 4. The molecule has 0 aromatic rings. The molecule has 1 fully saturated rings. The number of amidine groups is 1. The summed E-state index contributed by atoms with van der Waals surface area (Å²) in [5, 5.41) is 0. The van der Waals surface area contributed by atoms with Crippen LogP contribution in [0.4, 0.5) is 0 Å². The molecule has 0 unspecified atom stereocenters. The molecule has 98 valence electrons. The number of hydrogen-bond acceptors (Lipinski definition) is 1. The average Bonchev–Trinajstić information content (AvgIpc) is 2.27. The van der Waals surface area contributed by atoms with Crippen molar-refractivity contribution in [3.8, 4) is 0 Å². The second kappa shape index (κ2) is 6.83. The van der Waals surface area contributed by atoms with Gasteiger partial charge in [0.2, 0.25) is 0 Å². The van der Waals surface area contributed by atoms with Gasteiger partial charge in [-0.25, -0.2) is 4.99 Å². The standard InChI is InChI=1S/C15H28N2/c1-6-16-14(5)17(11-12(2)3)15-9-7-13(4)8-10-15/h6,12-13,15H,1,7-11H2,2-5H3. The van der Waals surface area contributed by atoms with Crippen LogP contribution in [0.2, 0.25) is 0 Å². The van der Waals surface area contributed by atoms with Crippen molar-refractivity contribution in [3.63, 3.8) is 0 Å². The zero-order valence-corrected chi connectivity index (χ0v) is 11.9. The van der Waals surface area contributed by atoms with Gasteiger partial charge in [0.1, 0.15) is 5.84 Å². The van der Waals surface area contributed by atoms with Gasteiger partial charge in [-0.2, -0.15) is 0 Å².